The number of carbonyl (C=O) groups is 1. The smallest absolute Gasteiger partial charge is 0.416 e. The molecule has 0 saturated carbocycles. The fourth-order valence-corrected chi connectivity index (χ4v) is 7.56. The summed E-state index contributed by atoms with van der Waals surface area (Å²) < 4.78 is 62.5. The zero-order valence-corrected chi connectivity index (χ0v) is 22.3. The van der Waals surface area contributed by atoms with Crippen molar-refractivity contribution in [3.8, 4) is 5.69 Å². The van der Waals surface area contributed by atoms with Crippen LogP contribution in [0.2, 0.25) is 0 Å². The van der Waals surface area contributed by atoms with Crippen LogP contribution < -0.4 is 0 Å². The van der Waals surface area contributed by atoms with Crippen LogP contribution in [0, 0.1) is 11.2 Å². The Morgan fingerprint density at radius 3 is 2.50 bits per heavy atom. The Morgan fingerprint density at radius 1 is 1.10 bits per heavy atom. The van der Waals surface area contributed by atoms with Crippen molar-refractivity contribution in [1.82, 2.24) is 14.1 Å². The lowest BCUT2D eigenvalue weighted by atomic mass is 9.65. The maximum atomic E-state index is 14.1. The van der Waals surface area contributed by atoms with Gasteiger partial charge in [0.1, 0.15) is 5.82 Å². The molecule has 10 heteroatoms. The number of Topliss-reactive ketones (excluding diaryl/α,β-unsaturated/α-hetero) is 1. The highest BCUT2D eigenvalue weighted by molar-refractivity contribution is 8.13. The van der Waals surface area contributed by atoms with Gasteiger partial charge in [0.25, 0.3) is 0 Å². The highest BCUT2D eigenvalue weighted by Crippen LogP contribution is 2.49. The summed E-state index contributed by atoms with van der Waals surface area (Å²) in [5.41, 5.74) is 1.77. The summed E-state index contributed by atoms with van der Waals surface area (Å²) in [4.78, 5) is 14.9. The van der Waals surface area contributed by atoms with Crippen molar-refractivity contribution < 1.29 is 26.8 Å². The Labute approximate surface area is 230 Å². The van der Waals surface area contributed by atoms with E-state index in [0.29, 0.717) is 31.6 Å². The Bertz CT molecular complexity index is 1620. The number of fused-ring (bicyclic) bond motifs is 2. The molecule has 1 aliphatic carbocycles. The fourth-order valence-electron chi connectivity index (χ4n) is 5.63. The number of rotatable bonds is 5. The number of ketones is 1. The third-order valence-corrected chi connectivity index (χ3v) is 9.63. The van der Waals surface area contributed by atoms with Gasteiger partial charge >= 0.3 is 6.18 Å². The first-order chi connectivity index (χ1) is 19.2. The molecular formula is C30H25F4N3O2S. The highest BCUT2D eigenvalue weighted by atomic mass is 32.2. The molecule has 5 nitrogen and oxygen atoms in total. The Balaban J connectivity index is 1.39. The van der Waals surface area contributed by atoms with E-state index >= 15 is 0 Å². The van der Waals surface area contributed by atoms with Gasteiger partial charge in [-0.1, -0.05) is 16.2 Å². The van der Waals surface area contributed by atoms with Crippen LogP contribution in [0.4, 0.5) is 17.6 Å². The van der Waals surface area contributed by atoms with Crippen LogP contribution >= 0.6 is 10.7 Å². The van der Waals surface area contributed by atoms with E-state index in [1.165, 1.54) is 30.5 Å². The first kappa shape index (κ1) is 26.5. The molecule has 0 bridgehead atoms. The second-order valence-corrected chi connectivity index (χ2v) is 12.0. The number of carbonyl (C=O) groups excluding carboxylic acids is 1. The standard InChI is InChI=1S/C30H25F4N3O2S/c1-2-40(25-11-5-21(6-12-25)30(32,33)34)36-14-13-22-16-26-20(18-35-37(26)24-9-7-23(31)8-10-24)17-29(22,19-36)28(38)27-4-3-15-39-27/h2-12,15-16,18H,13-14,17,19H2,1H3/t29-,40?/m0/s1. The highest BCUT2D eigenvalue weighted by Gasteiger charge is 2.50. The third kappa shape index (κ3) is 4.54. The quantitative estimate of drug-likeness (QED) is 0.145. The van der Waals surface area contributed by atoms with Gasteiger partial charge in [0.05, 0.1) is 34.8 Å². The van der Waals surface area contributed by atoms with Crippen LogP contribution in [-0.2, 0) is 12.6 Å². The van der Waals surface area contributed by atoms with Gasteiger partial charge in [0.2, 0.25) is 5.78 Å². The molecule has 1 saturated heterocycles. The second kappa shape index (κ2) is 10.0. The molecule has 0 radical (unpaired) electrons. The third-order valence-electron chi connectivity index (χ3n) is 7.56. The zero-order chi connectivity index (χ0) is 28.1. The second-order valence-electron chi connectivity index (χ2n) is 9.86. The molecule has 6 rings (SSSR count). The number of nitrogens with zero attached hydrogens (tertiary/aromatic N) is 3. The maximum Gasteiger partial charge on any atom is 0.416 e. The van der Waals surface area contributed by atoms with Gasteiger partial charge in [-0.2, -0.15) is 18.3 Å². The van der Waals surface area contributed by atoms with Crippen molar-refractivity contribution in [2.75, 3.05) is 13.1 Å². The Hall–Kier alpha value is -3.76. The van der Waals surface area contributed by atoms with Crippen molar-refractivity contribution in [1.29, 1.82) is 0 Å². The van der Waals surface area contributed by atoms with Gasteiger partial charge in [0, 0.05) is 18.0 Å². The topological polar surface area (TPSA) is 51.3 Å². The van der Waals surface area contributed by atoms with Gasteiger partial charge in [0.15, 0.2) is 5.76 Å². The van der Waals surface area contributed by atoms with Crippen molar-refractivity contribution >= 4 is 27.9 Å². The number of piperidine rings is 1. The molecule has 1 fully saturated rings. The molecule has 40 heavy (non-hydrogen) atoms. The van der Waals surface area contributed by atoms with E-state index in [9.17, 15) is 22.4 Å². The number of benzene rings is 2. The molecule has 0 spiro atoms. The summed E-state index contributed by atoms with van der Waals surface area (Å²) in [7, 11) is -0.631. The fraction of sp³-hybridized carbons (Fsp3) is 0.233. The predicted octanol–water partition coefficient (Wildman–Crippen LogP) is 7.20. The van der Waals surface area contributed by atoms with Gasteiger partial charge in [-0.25, -0.2) is 9.07 Å². The molecule has 1 aliphatic heterocycles. The van der Waals surface area contributed by atoms with E-state index in [1.54, 1.807) is 35.1 Å². The van der Waals surface area contributed by atoms with Crippen LogP contribution in [0.1, 0.15) is 40.7 Å². The summed E-state index contributed by atoms with van der Waals surface area (Å²) in [6, 6.07) is 14.7. The van der Waals surface area contributed by atoms with Crippen LogP contribution in [0.5, 0.6) is 0 Å². The van der Waals surface area contributed by atoms with E-state index < -0.39 is 27.8 Å². The van der Waals surface area contributed by atoms with Crippen molar-refractivity contribution in [2.45, 2.75) is 30.8 Å². The summed E-state index contributed by atoms with van der Waals surface area (Å²) in [5.74, 6) is -0.215. The van der Waals surface area contributed by atoms with E-state index in [-0.39, 0.29) is 17.4 Å². The van der Waals surface area contributed by atoms with Gasteiger partial charge in [-0.3, -0.25) is 9.10 Å². The number of hydrogen-bond acceptors (Lipinski definition) is 4. The maximum absolute atomic E-state index is 14.1. The van der Waals surface area contributed by atoms with Gasteiger partial charge in [-0.05, 0) is 97.4 Å². The molecule has 2 aliphatic rings. The molecule has 2 aromatic heterocycles. The van der Waals surface area contributed by atoms with Crippen LogP contribution in [0.15, 0.2) is 88.0 Å². The molecule has 0 amide bonds. The summed E-state index contributed by atoms with van der Waals surface area (Å²) in [5, 5.41) is 6.54. The summed E-state index contributed by atoms with van der Waals surface area (Å²) >= 11 is 0. The minimum Gasteiger partial charge on any atom is -0.461 e. The lowest BCUT2D eigenvalue weighted by Gasteiger charge is -2.46. The average Bonchev–Trinajstić information content (AvgIpc) is 3.62. The molecule has 2 atom stereocenters. The normalized spacial score (nSPS) is 20.1. The van der Waals surface area contributed by atoms with Gasteiger partial charge in [-0.15, -0.1) is 0 Å². The lowest BCUT2D eigenvalue weighted by molar-refractivity contribution is -0.137. The van der Waals surface area contributed by atoms with E-state index in [2.05, 4.69) is 9.40 Å². The molecule has 1 unspecified atom stereocenters. The molecule has 3 heterocycles. The Morgan fingerprint density at radius 2 is 1.85 bits per heavy atom. The van der Waals surface area contributed by atoms with E-state index in [0.717, 1.165) is 33.9 Å². The van der Waals surface area contributed by atoms with Crippen molar-refractivity contribution in [3.05, 3.63) is 107 Å². The minimum absolute atomic E-state index is 0.138. The number of aromatic nitrogens is 2. The molecule has 206 valence electrons. The first-order valence-corrected chi connectivity index (χ1v) is 14.0. The minimum atomic E-state index is -4.41. The summed E-state index contributed by atoms with van der Waals surface area (Å²) in [6.45, 7) is 2.88. The molecular weight excluding hydrogens is 542 g/mol. The SMILES string of the molecule is C/C=S(\c1ccc(C(F)(F)F)cc1)N1CCC2=Cc3c(cnn3-c3ccc(F)cc3)C[C@]2(C(=O)c2ccco2)C1. The van der Waals surface area contributed by atoms with Crippen molar-refractivity contribution in [3.63, 3.8) is 0 Å². The molecule has 4 aromatic rings. The summed E-state index contributed by atoms with van der Waals surface area (Å²) in [6.07, 6.45) is 1.79. The average molecular weight is 568 g/mol. The molecule has 0 N–H and O–H groups in total. The number of alkyl halides is 3. The van der Waals surface area contributed by atoms with Crippen LogP contribution in [-0.4, -0.2) is 38.3 Å². The van der Waals surface area contributed by atoms with Crippen molar-refractivity contribution in [2.24, 2.45) is 5.41 Å². The largest absolute Gasteiger partial charge is 0.461 e. The number of furan rings is 1. The number of hydrogen-bond donors (Lipinski definition) is 0. The lowest BCUT2D eigenvalue weighted by Crippen LogP contribution is -2.50. The molecule has 2 aromatic carbocycles. The monoisotopic (exact) mass is 567 g/mol. The van der Waals surface area contributed by atoms with Crippen LogP contribution in [0.25, 0.3) is 11.8 Å². The zero-order valence-electron chi connectivity index (χ0n) is 21.5. The van der Waals surface area contributed by atoms with Gasteiger partial charge < -0.3 is 4.42 Å². The first-order valence-electron chi connectivity index (χ1n) is 12.8. The predicted molar refractivity (Wildman–Crippen MR) is 146 cm³/mol. The van der Waals surface area contributed by atoms with E-state index in [4.69, 9.17) is 4.42 Å². The Kier molecular flexibility index (Phi) is 6.62. The van der Waals surface area contributed by atoms with Crippen LogP contribution in [0.3, 0.4) is 0 Å². The number of halogens is 4. The van der Waals surface area contributed by atoms with E-state index in [1.807, 2.05) is 18.4 Å².